The van der Waals surface area contributed by atoms with Crippen LogP contribution in [0, 0.1) is 0 Å². The van der Waals surface area contributed by atoms with Crippen LogP contribution in [-0.2, 0) is 6.42 Å². The van der Waals surface area contributed by atoms with Crippen LogP contribution in [0.5, 0.6) is 0 Å². The maximum absolute atomic E-state index is 11.7. The Morgan fingerprint density at radius 2 is 2.00 bits per heavy atom. The molecule has 1 N–H and O–H groups in total. The first-order valence-corrected chi connectivity index (χ1v) is 5.66. The number of rotatable bonds is 2. The minimum Gasteiger partial charge on any atom is -0.324 e. The second kappa shape index (κ2) is 4.92. The van der Waals surface area contributed by atoms with Gasteiger partial charge in [-0.2, -0.15) is 0 Å². The van der Waals surface area contributed by atoms with E-state index in [-0.39, 0.29) is 6.03 Å². The van der Waals surface area contributed by atoms with Crippen molar-refractivity contribution in [1.82, 2.24) is 14.9 Å². The molecular formula is C11H16N4O. The quantitative estimate of drug-likeness (QED) is 0.824. The summed E-state index contributed by atoms with van der Waals surface area (Å²) in [7, 11) is 0. The van der Waals surface area contributed by atoms with Crippen molar-refractivity contribution in [2.24, 2.45) is 0 Å². The van der Waals surface area contributed by atoms with Crippen LogP contribution in [0.4, 0.5) is 10.7 Å². The highest BCUT2D eigenvalue weighted by Gasteiger charge is 2.18. The standard InChI is InChI=1S/C11H16N4O/c1-2-9-7-12-10(13-8-9)14-11(16)15-5-3-4-6-15/h7-8H,2-6H2,1H3,(H,12,13,14,16). The first-order chi connectivity index (χ1) is 7.79. The van der Waals surface area contributed by atoms with E-state index in [2.05, 4.69) is 15.3 Å². The monoisotopic (exact) mass is 220 g/mol. The predicted octanol–water partition coefficient (Wildman–Crippen LogP) is 1.67. The molecule has 2 amide bonds. The molecule has 0 unspecified atom stereocenters. The summed E-state index contributed by atoms with van der Waals surface area (Å²) in [5, 5.41) is 2.70. The summed E-state index contributed by atoms with van der Waals surface area (Å²) in [4.78, 5) is 21.7. The average Bonchev–Trinajstić information content (AvgIpc) is 2.83. The minimum atomic E-state index is -0.0956. The largest absolute Gasteiger partial charge is 0.324 e. The van der Waals surface area contributed by atoms with Crippen molar-refractivity contribution in [2.75, 3.05) is 18.4 Å². The zero-order chi connectivity index (χ0) is 11.4. The van der Waals surface area contributed by atoms with Crippen molar-refractivity contribution in [3.8, 4) is 0 Å². The molecule has 16 heavy (non-hydrogen) atoms. The van der Waals surface area contributed by atoms with E-state index in [1.54, 1.807) is 17.3 Å². The Hall–Kier alpha value is -1.65. The SMILES string of the molecule is CCc1cnc(NC(=O)N2CCCC2)nc1. The highest BCUT2D eigenvalue weighted by Crippen LogP contribution is 2.09. The summed E-state index contributed by atoms with van der Waals surface area (Å²) in [6.07, 6.45) is 6.56. The molecular weight excluding hydrogens is 204 g/mol. The fourth-order valence-electron chi connectivity index (χ4n) is 1.70. The summed E-state index contributed by atoms with van der Waals surface area (Å²) in [5.41, 5.74) is 1.07. The second-order valence-corrected chi connectivity index (χ2v) is 3.89. The number of amides is 2. The molecule has 1 saturated heterocycles. The molecule has 0 atom stereocenters. The number of carbonyl (C=O) groups is 1. The molecule has 0 bridgehead atoms. The fourth-order valence-corrected chi connectivity index (χ4v) is 1.70. The number of nitrogens with zero attached hydrogens (tertiary/aromatic N) is 3. The Morgan fingerprint density at radius 3 is 2.56 bits per heavy atom. The van der Waals surface area contributed by atoms with Gasteiger partial charge in [0.25, 0.3) is 0 Å². The summed E-state index contributed by atoms with van der Waals surface area (Å²) in [5.74, 6) is 0.383. The van der Waals surface area contributed by atoms with Gasteiger partial charge in [-0.15, -0.1) is 0 Å². The van der Waals surface area contributed by atoms with Crippen LogP contribution in [0.15, 0.2) is 12.4 Å². The Balaban J connectivity index is 1.94. The number of carbonyl (C=O) groups excluding carboxylic acids is 1. The highest BCUT2D eigenvalue weighted by molar-refractivity contribution is 5.87. The molecule has 1 aromatic heterocycles. The van der Waals surface area contributed by atoms with Gasteiger partial charge in [-0.3, -0.25) is 5.32 Å². The Bertz CT molecular complexity index is 357. The van der Waals surface area contributed by atoms with Crippen molar-refractivity contribution >= 4 is 12.0 Å². The van der Waals surface area contributed by atoms with Gasteiger partial charge in [0.1, 0.15) is 0 Å². The number of anilines is 1. The van der Waals surface area contributed by atoms with Crippen LogP contribution in [0.2, 0.25) is 0 Å². The number of nitrogens with one attached hydrogen (secondary N) is 1. The molecule has 5 nitrogen and oxygen atoms in total. The van der Waals surface area contributed by atoms with Gasteiger partial charge in [-0.25, -0.2) is 14.8 Å². The molecule has 2 heterocycles. The van der Waals surface area contributed by atoms with Gasteiger partial charge >= 0.3 is 6.03 Å². The lowest BCUT2D eigenvalue weighted by atomic mass is 10.3. The summed E-state index contributed by atoms with van der Waals surface area (Å²) in [6.45, 7) is 3.71. The van der Waals surface area contributed by atoms with E-state index < -0.39 is 0 Å². The van der Waals surface area contributed by atoms with Gasteiger partial charge in [0.05, 0.1) is 0 Å². The molecule has 1 aliphatic heterocycles. The Morgan fingerprint density at radius 1 is 1.38 bits per heavy atom. The topological polar surface area (TPSA) is 58.1 Å². The average molecular weight is 220 g/mol. The van der Waals surface area contributed by atoms with Gasteiger partial charge in [0, 0.05) is 25.5 Å². The minimum absolute atomic E-state index is 0.0956. The van der Waals surface area contributed by atoms with Crippen LogP contribution < -0.4 is 5.32 Å². The van der Waals surface area contributed by atoms with Crippen LogP contribution in [-0.4, -0.2) is 34.0 Å². The zero-order valence-corrected chi connectivity index (χ0v) is 9.44. The third-order valence-corrected chi connectivity index (χ3v) is 2.73. The van der Waals surface area contributed by atoms with Crippen LogP contribution in [0.25, 0.3) is 0 Å². The molecule has 0 aromatic carbocycles. The lowest BCUT2D eigenvalue weighted by Gasteiger charge is -2.14. The predicted molar refractivity (Wildman–Crippen MR) is 61.2 cm³/mol. The molecule has 1 aromatic rings. The van der Waals surface area contributed by atoms with Crippen LogP contribution >= 0.6 is 0 Å². The van der Waals surface area contributed by atoms with Gasteiger partial charge in [0.2, 0.25) is 5.95 Å². The molecule has 0 spiro atoms. The van der Waals surface area contributed by atoms with Crippen LogP contribution in [0.3, 0.4) is 0 Å². The maximum atomic E-state index is 11.7. The molecule has 0 aliphatic carbocycles. The summed E-state index contributed by atoms with van der Waals surface area (Å²) < 4.78 is 0. The highest BCUT2D eigenvalue weighted by atomic mass is 16.2. The van der Waals surface area contributed by atoms with Crippen molar-refractivity contribution in [1.29, 1.82) is 0 Å². The molecule has 0 radical (unpaired) electrons. The number of urea groups is 1. The first kappa shape index (κ1) is 10.9. The number of hydrogen-bond acceptors (Lipinski definition) is 3. The zero-order valence-electron chi connectivity index (χ0n) is 9.44. The van der Waals surface area contributed by atoms with E-state index in [0.717, 1.165) is 37.9 Å². The van der Waals surface area contributed by atoms with Crippen molar-refractivity contribution in [2.45, 2.75) is 26.2 Å². The molecule has 1 aliphatic rings. The molecule has 86 valence electrons. The van der Waals surface area contributed by atoms with Crippen molar-refractivity contribution < 1.29 is 4.79 Å². The third-order valence-electron chi connectivity index (χ3n) is 2.73. The van der Waals surface area contributed by atoms with Gasteiger partial charge in [0.15, 0.2) is 0 Å². The summed E-state index contributed by atoms with van der Waals surface area (Å²) in [6, 6.07) is -0.0956. The van der Waals surface area contributed by atoms with E-state index in [1.807, 2.05) is 6.92 Å². The molecule has 0 saturated carbocycles. The van der Waals surface area contributed by atoms with Gasteiger partial charge < -0.3 is 4.90 Å². The fraction of sp³-hybridized carbons (Fsp3) is 0.545. The van der Waals surface area contributed by atoms with E-state index >= 15 is 0 Å². The maximum Gasteiger partial charge on any atom is 0.324 e. The van der Waals surface area contributed by atoms with Gasteiger partial charge in [-0.1, -0.05) is 6.92 Å². The van der Waals surface area contributed by atoms with Crippen molar-refractivity contribution in [3.63, 3.8) is 0 Å². The van der Waals surface area contributed by atoms with Crippen molar-refractivity contribution in [3.05, 3.63) is 18.0 Å². The number of likely N-dealkylation sites (tertiary alicyclic amines) is 1. The lowest BCUT2D eigenvalue weighted by Crippen LogP contribution is -2.32. The first-order valence-electron chi connectivity index (χ1n) is 5.66. The van der Waals surface area contributed by atoms with E-state index in [0.29, 0.717) is 5.95 Å². The normalized spacial score (nSPS) is 15.2. The smallest absolute Gasteiger partial charge is 0.324 e. The van der Waals surface area contributed by atoms with E-state index in [4.69, 9.17) is 0 Å². The van der Waals surface area contributed by atoms with E-state index in [9.17, 15) is 4.79 Å². The second-order valence-electron chi connectivity index (χ2n) is 3.89. The lowest BCUT2D eigenvalue weighted by molar-refractivity contribution is 0.222. The van der Waals surface area contributed by atoms with Crippen LogP contribution in [0.1, 0.15) is 25.3 Å². The van der Waals surface area contributed by atoms with Gasteiger partial charge in [-0.05, 0) is 24.8 Å². The molecule has 1 fully saturated rings. The molecule has 5 heteroatoms. The number of aryl methyl sites for hydroxylation is 1. The Labute approximate surface area is 94.9 Å². The molecule has 2 rings (SSSR count). The summed E-state index contributed by atoms with van der Waals surface area (Å²) >= 11 is 0. The number of aromatic nitrogens is 2. The number of hydrogen-bond donors (Lipinski definition) is 1. The van der Waals surface area contributed by atoms with E-state index in [1.165, 1.54) is 0 Å². The third kappa shape index (κ3) is 2.48. The Kier molecular flexibility index (Phi) is 3.34.